The average molecular weight is 252 g/mol. The van der Waals surface area contributed by atoms with E-state index < -0.39 is 0 Å². The van der Waals surface area contributed by atoms with Crippen LogP contribution in [-0.4, -0.2) is 30.6 Å². The van der Waals surface area contributed by atoms with Gasteiger partial charge in [-0.05, 0) is 58.0 Å². The largest absolute Gasteiger partial charge is 0.314 e. The van der Waals surface area contributed by atoms with Crippen LogP contribution in [0, 0.1) is 6.92 Å². The Bertz CT molecular complexity index is 327. The van der Waals surface area contributed by atoms with Crippen LogP contribution in [-0.2, 0) is 6.54 Å². The molecule has 0 atom stereocenters. The quantitative estimate of drug-likeness (QED) is 0.866. The average Bonchev–Trinajstić information content (AvgIpc) is 2.74. The Balaban J connectivity index is 1.72. The summed E-state index contributed by atoms with van der Waals surface area (Å²) in [5, 5.41) is 3.64. The molecule has 1 N–H and O–H groups in total. The molecule has 1 aromatic rings. The molecule has 0 aromatic carbocycles. The first-order valence-corrected chi connectivity index (χ1v) is 7.60. The van der Waals surface area contributed by atoms with Gasteiger partial charge in [0.25, 0.3) is 0 Å². The molecule has 0 bridgehead atoms. The fraction of sp³-hybridized carbons (Fsp3) is 0.714. The number of piperidine rings is 1. The lowest BCUT2D eigenvalue weighted by atomic mass is 10.0. The van der Waals surface area contributed by atoms with Crippen LogP contribution in [0.4, 0.5) is 0 Å². The van der Waals surface area contributed by atoms with E-state index in [2.05, 4.69) is 36.2 Å². The molecule has 0 unspecified atom stereocenters. The summed E-state index contributed by atoms with van der Waals surface area (Å²) in [6.07, 6.45) is 3.86. The Morgan fingerprint density at radius 2 is 2.12 bits per heavy atom. The third-order valence-corrected chi connectivity index (χ3v) is 4.43. The summed E-state index contributed by atoms with van der Waals surface area (Å²) >= 11 is 1.94. The van der Waals surface area contributed by atoms with Crippen molar-refractivity contribution in [2.75, 3.05) is 19.6 Å². The van der Waals surface area contributed by atoms with E-state index in [0.29, 0.717) is 0 Å². The summed E-state index contributed by atoms with van der Waals surface area (Å²) in [5.74, 6) is 0. The molecule has 1 saturated heterocycles. The van der Waals surface area contributed by atoms with E-state index in [9.17, 15) is 0 Å². The van der Waals surface area contributed by atoms with Gasteiger partial charge >= 0.3 is 0 Å². The molecule has 1 aromatic heterocycles. The molecule has 0 amide bonds. The van der Waals surface area contributed by atoms with E-state index in [-0.39, 0.29) is 0 Å². The molecule has 17 heavy (non-hydrogen) atoms. The summed E-state index contributed by atoms with van der Waals surface area (Å²) in [6.45, 7) is 9.25. The van der Waals surface area contributed by atoms with Crippen LogP contribution in [0.1, 0.15) is 35.9 Å². The molecule has 0 saturated carbocycles. The second kappa shape index (κ2) is 6.53. The minimum Gasteiger partial charge on any atom is -0.314 e. The van der Waals surface area contributed by atoms with Crippen LogP contribution in [0.2, 0.25) is 0 Å². The standard InChI is InChI=1S/C14H24N2S/c1-3-8-15-13-6-9-16(10-7-13)11-14-5-4-12(2)17-14/h4-5,13,15H,3,6-11H2,1-2H3. The second-order valence-corrected chi connectivity index (χ2v) is 6.39. The first-order chi connectivity index (χ1) is 8.28. The molecule has 96 valence electrons. The molecule has 2 nitrogen and oxygen atoms in total. The highest BCUT2D eigenvalue weighted by Crippen LogP contribution is 2.19. The van der Waals surface area contributed by atoms with E-state index in [1.807, 2.05) is 11.3 Å². The molecule has 1 fully saturated rings. The van der Waals surface area contributed by atoms with Crippen molar-refractivity contribution < 1.29 is 0 Å². The predicted octanol–water partition coefficient (Wildman–Crippen LogP) is 3.02. The summed E-state index contributed by atoms with van der Waals surface area (Å²) in [6, 6.07) is 5.27. The highest BCUT2D eigenvalue weighted by molar-refractivity contribution is 7.11. The van der Waals surface area contributed by atoms with E-state index in [4.69, 9.17) is 0 Å². The fourth-order valence-corrected chi connectivity index (χ4v) is 3.37. The molecule has 2 rings (SSSR count). The fourth-order valence-electron chi connectivity index (χ4n) is 2.43. The molecular weight excluding hydrogens is 228 g/mol. The second-order valence-electron chi connectivity index (χ2n) is 5.02. The van der Waals surface area contributed by atoms with Gasteiger partial charge in [0.2, 0.25) is 0 Å². The molecule has 0 radical (unpaired) electrons. The Morgan fingerprint density at radius 1 is 1.35 bits per heavy atom. The zero-order valence-electron chi connectivity index (χ0n) is 11.0. The zero-order chi connectivity index (χ0) is 12.1. The minimum absolute atomic E-state index is 0.760. The van der Waals surface area contributed by atoms with Gasteiger partial charge in [-0.2, -0.15) is 0 Å². The lowest BCUT2D eigenvalue weighted by Gasteiger charge is -2.32. The van der Waals surface area contributed by atoms with Crippen LogP contribution in [0.5, 0.6) is 0 Å². The summed E-state index contributed by atoms with van der Waals surface area (Å²) in [4.78, 5) is 5.54. The summed E-state index contributed by atoms with van der Waals surface area (Å²) in [7, 11) is 0. The molecular formula is C14H24N2S. The van der Waals surface area contributed by atoms with Crippen molar-refractivity contribution in [2.45, 2.75) is 45.7 Å². The minimum atomic E-state index is 0.760. The highest BCUT2D eigenvalue weighted by atomic mass is 32.1. The first-order valence-electron chi connectivity index (χ1n) is 6.79. The molecule has 1 aliphatic rings. The molecule has 0 spiro atoms. The predicted molar refractivity (Wildman–Crippen MR) is 75.6 cm³/mol. The smallest absolute Gasteiger partial charge is 0.0328 e. The van der Waals surface area contributed by atoms with E-state index in [1.165, 1.54) is 48.7 Å². The van der Waals surface area contributed by atoms with Gasteiger partial charge in [-0.1, -0.05) is 6.92 Å². The van der Waals surface area contributed by atoms with E-state index in [1.54, 1.807) is 0 Å². The number of nitrogens with zero attached hydrogens (tertiary/aromatic N) is 1. The van der Waals surface area contributed by atoms with Gasteiger partial charge in [-0.25, -0.2) is 0 Å². The van der Waals surface area contributed by atoms with Crippen LogP contribution < -0.4 is 5.32 Å². The highest BCUT2D eigenvalue weighted by Gasteiger charge is 2.18. The normalized spacial score (nSPS) is 18.7. The van der Waals surface area contributed by atoms with Crippen molar-refractivity contribution in [2.24, 2.45) is 0 Å². The number of hydrogen-bond acceptors (Lipinski definition) is 3. The summed E-state index contributed by atoms with van der Waals surface area (Å²) in [5.41, 5.74) is 0. The maximum Gasteiger partial charge on any atom is 0.0328 e. The Kier molecular flexibility index (Phi) is 5.01. The zero-order valence-corrected chi connectivity index (χ0v) is 11.9. The Hall–Kier alpha value is -0.380. The van der Waals surface area contributed by atoms with Gasteiger partial charge in [0.05, 0.1) is 0 Å². The lowest BCUT2D eigenvalue weighted by Crippen LogP contribution is -2.42. The topological polar surface area (TPSA) is 15.3 Å². The Morgan fingerprint density at radius 3 is 2.71 bits per heavy atom. The van der Waals surface area contributed by atoms with Crippen LogP contribution in [0.3, 0.4) is 0 Å². The Labute approximate surface area is 109 Å². The van der Waals surface area contributed by atoms with E-state index in [0.717, 1.165) is 12.6 Å². The van der Waals surface area contributed by atoms with Crippen LogP contribution in [0.15, 0.2) is 12.1 Å². The number of nitrogens with one attached hydrogen (secondary N) is 1. The molecule has 2 heterocycles. The number of aryl methyl sites for hydroxylation is 1. The molecule has 3 heteroatoms. The van der Waals surface area contributed by atoms with Crippen molar-refractivity contribution >= 4 is 11.3 Å². The maximum atomic E-state index is 3.64. The SMILES string of the molecule is CCCNC1CCN(Cc2ccc(C)s2)CC1. The van der Waals surface area contributed by atoms with E-state index >= 15 is 0 Å². The van der Waals surface area contributed by atoms with Crippen molar-refractivity contribution in [3.05, 3.63) is 21.9 Å². The monoisotopic (exact) mass is 252 g/mol. The third-order valence-electron chi connectivity index (χ3n) is 3.45. The first kappa shape index (κ1) is 13.1. The molecule has 0 aliphatic carbocycles. The maximum absolute atomic E-state index is 3.64. The number of hydrogen-bond donors (Lipinski definition) is 1. The molecule has 1 aliphatic heterocycles. The number of rotatable bonds is 5. The number of thiophene rings is 1. The van der Waals surface area contributed by atoms with Crippen molar-refractivity contribution in [1.82, 2.24) is 10.2 Å². The number of likely N-dealkylation sites (tertiary alicyclic amines) is 1. The van der Waals surface area contributed by atoms with Gasteiger partial charge in [0.1, 0.15) is 0 Å². The van der Waals surface area contributed by atoms with Crippen molar-refractivity contribution in [3.8, 4) is 0 Å². The van der Waals surface area contributed by atoms with Gasteiger partial charge in [0.15, 0.2) is 0 Å². The van der Waals surface area contributed by atoms with Gasteiger partial charge in [0, 0.05) is 22.3 Å². The third kappa shape index (κ3) is 4.09. The van der Waals surface area contributed by atoms with Crippen LogP contribution >= 0.6 is 11.3 Å². The van der Waals surface area contributed by atoms with Gasteiger partial charge in [-0.3, -0.25) is 4.90 Å². The summed E-state index contributed by atoms with van der Waals surface area (Å²) < 4.78 is 0. The van der Waals surface area contributed by atoms with Crippen molar-refractivity contribution in [3.63, 3.8) is 0 Å². The van der Waals surface area contributed by atoms with Crippen molar-refractivity contribution in [1.29, 1.82) is 0 Å². The van der Waals surface area contributed by atoms with Crippen LogP contribution in [0.25, 0.3) is 0 Å². The van der Waals surface area contributed by atoms with Gasteiger partial charge < -0.3 is 5.32 Å². The van der Waals surface area contributed by atoms with Gasteiger partial charge in [-0.15, -0.1) is 11.3 Å². The lowest BCUT2D eigenvalue weighted by molar-refractivity contribution is 0.192.